The van der Waals surface area contributed by atoms with E-state index >= 15 is 0 Å². The first-order chi connectivity index (χ1) is 4.31. The molecule has 0 aromatic rings. The molecule has 1 heteroatoms. The summed E-state index contributed by atoms with van der Waals surface area (Å²) in [6.45, 7) is 5.16. The van der Waals surface area contributed by atoms with Crippen molar-refractivity contribution < 1.29 is 4.79 Å². The fraction of sp³-hybridized carbons (Fsp3) is 0.375. The highest BCUT2D eigenvalue weighted by molar-refractivity contribution is 5.81. The van der Waals surface area contributed by atoms with Crippen molar-refractivity contribution in [2.75, 3.05) is 0 Å². The Morgan fingerprint density at radius 1 is 1.78 bits per heavy atom. The lowest BCUT2D eigenvalue weighted by atomic mass is 10.2. The molecule has 0 aliphatic carbocycles. The Morgan fingerprint density at radius 3 is 2.89 bits per heavy atom. The summed E-state index contributed by atoms with van der Waals surface area (Å²) in [4.78, 5) is 10.6. The Bertz CT molecular complexity index is 157. The summed E-state index contributed by atoms with van der Waals surface area (Å²) in [6, 6.07) is 0. The van der Waals surface area contributed by atoms with E-state index in [0.717, 1.165) is 0 Å². The third kappa shape index (κ3) is 4.83. The van der Waals surface area contributed by atoms with Crippen LogP contribution >= 0.6 is 0 Å². The van der Waals surface area contributed by atoms with Crippen LogP contribution < -0.4 is 0 Å². The molecule has 0 spiro atoms. The monoisotopic (exact) mass is 122 g/mol. The van der Waals surface area contributed by atoms with Crippen molar-refractivity contribution in [3.05, 3.63) is 12.7 Å². The number of hydrogen-bond donors (Lipinski definition) is 0. The van der Waals surface area contributed by atoms with E-state index in [1.54, 1.807) is 13.0 Å². The summed E-state index contributed by atoms with van der Waals surface area (Å²) < 4.78 is 0. The topological polar surface area (TPSA) is 17.1 Å². The van der Waals surface area contributed by atoms with Crippen molar-refractivity contribution in [3.63, 3.8) is 0 Å². The van der Waals surface area contributed by atoms with E-state index in [2.05, 4.69) is 18.4 Å². The molecule has 9 heavy (non-hydrogen) atoms. The van der Waals surface area contributed by atoms with Gasteiger partial charge in [0.15, 0.2) is 0 Å². The van der Waals surface area contributed by atoms with E-state index in [1.165, 1.54) is 0 Å². The average molecular weight is 122 g/mol. The van der Waals surface area contributed by atoms with Gasteiger partial charge in [0.05, 0.1) is 6.42 Å². The van der Waals surface area contributed by atoms with E-state index in [1.807, 2.05) is 0 Å². The molecule has 0 amide bonds. The van der Waals surface area contributed by atoms with Crippen molar-refractivity contribution >= 4 is 5.78 Å². The zero-order chi connectivity index (χ0) is 7.11. The van der Waals surface area contributed by atoms with E-state index in [4.69, 9.17) is 0 Å². The Hall–Kier alpha value is -1.03. The van der Waals surface area contributed by atoms with Crippen LogP contribution in [-0.4, -0.2) is 5.78 Å². The molecule has 0 aromatic carbocycles. The highest BCUT2D eigenvalue weighted by Crippen LogP contribution is 1.87. The molecule has 0 N–H and O–H groups in total. The van der Waals surface area contributed by atoms with Crippen LogP contribution in [0.15, 0.2) is 12.7 Å². The van der Waals surface area contributed by atoms with Gasteiger partial charge in [-0.05, 0) is 6.92 Å². The third-order valence-electron chi connectivity index (χ3n) is 0.834. The number of carbonyl (C=O) groups excluding carboxylic acids is 1. The van der Waals surface area contributed by atoms with Crippen molar-refractivity contribution in [2.45, 2.75) is 19.8 Å². The summed E-state index contributed by atoms with van der Waals surface area (Å²) in [5.74, 6) is 5.48. The summed E-state index contributed by atoms with van der Waals surface area (Å²) in [5, 5.41) is 0. The second-order valence-corrected chi connectivity index (χ2v) is 1.64. The number of Topliss-reactive ketones (excluding diaryl/α,β-unsaturated/α-hetero) is 1. The van der Waals surface area contributed by atoms with Crippen molar-refractivity contribution in [2.24, 2.45) is 0 Å². The van der Waals surface area contributed by atoms with Gasteiger partial charge in [-0.1, -0.05) is 12.0 Å². The van der Waals surface area contributed by atoms with Gasteiger partial charge in [-0.3, -0.25) is 4.79 Å². The van der Waals surface area contributed by atoms with E-state index < -0.39 is 0 Å². The van der Waals surface area contributed by atoms with Crippen LogP contribution in [0.2, 0.25) is 0 Å². The first-order valence-electron chi connectivity index (χ1n) is 2.83. The molecule has 0 bridgehead atoms. The second-order valence-electron chi connectivity index (χ2n) is 1.64. The molecule has 0 unspecified atom stereocenters. The lowest BCUT2D eigenvalue weighted by Crippen LogP contribution is -1.91. The summed E-state index contributed by atoms with van der Waals surface area (Å²) in [7, 11) is 0. The highest BCUT2D eigenvalue weighted by Gasteiger charge is 1.92. The number of hydrogen-bond acceptors (Lipinski definition) is 1. The molecule has 0 aromatic heterocycles. The quantitative estimate of drug-likeness (QED) is 0.410. The zero-order valence-corrected chi connectivity index (χ0v) is 5.61. The van der Waals surface area contributed by atoms with Crippen LogP contribution in [0, 0.1) is 11.8 Å². The minimum atomic E-state index is 0.138. The van der Waals surface area contributed by atoms with Gasteiger partial charge >= 0.3 is 0 Å². The Morgan fingerprint density at radius 2 is 2.44 bits per heavy atom. The van der Waals surface area contributed by atoms with Crippen molar-refractivity contribution in [3.8, 4) is 11.8 Å². The smallest absolute Gasteiger partial charge is 0.148 e. The van der Waals surface area contributed by atoms with Gasteiger partial charge in [0.1, 0.15) is 5.78 Å². The number of rotatable bonds is 3. The Balaban J connectivity index is 3.46. The van der Waals surface area contributed by atoms with Gasteiger partial charge in [-0.2, -0.15) is 0 Å². The molecule has 0 saturated carbocycles. The first-order valence-corrected chi connectivity index (χ1v) is 2.83. The standard InChI is InChI=1S/C8H10O/c1-3-5-7-8(9)6-4-2/h4H,2,6-7H2,1H3. The third-order valence-corrected chi connectivity index (χ3v) is 0.834. The molecule has 48 valence electrons. The molecule has 0 aliphatic rings. The molecule has 0 rings (SSSR count). The SMILES string of the molecule is C=CCC(=O)CC#CC. The molecule has 1 nitrogen and oxygen atoms in total. The van der Waals surface area contributed by atoms with E-state index in [9.17, 15) is 4.79 Å². The zero-order valence-electron chi connectivity index (χ0n) is 5.61. The minimum absolute atomic E-state index is 0.138. The maximum absolute atomic E-state index is 10.6. The van der Waals surface area contributed by atoms with Crippen LogP contribution in [0.5, 0.6) is 0 Å². The van der Waals surface area contributed by atoms with Gasteiger partial charge in [0.2, 0.25) is 0 Å². The summed E-state index contributed by atoms with van der Waals surface area (Å²) >= 11 is 0. The summed E-state index contributed by atoms with van der Waals surface area (Å²) in [6.07, 6.45) is 2.40. The van der Waals surface area contributed by atoms with Gasteiger partial charge in [-0.25, -0.2) is 0 Å². The summed E-state index contributed by atoms with van der Waals surface area (Å²) in [5.41, 5.74) is 0. The number of carbonyl (C=O) groups is 1. The van der Waals surface area contributed by atoms with Gasteiger partial charge in [0.25, 0.3) is 0 Å². The van der Waals surface area contributed by atoms with Crippen LogP contribution in [0.3, 0.4) is 0 Å². The number of allylic oxidation sites excluding steroid dienone is 1. The lowest BCUT2D eigenvalue weighted by Gasteiger charge is -1.84. The number of ketones is 1. The molecular formula is C8H10O. The molecule has 0 heterocycles. The predicted molar refractivity (Wildman–Crippen MR) is 37.9 cm³/mol. The van der Waals surface area contributed by atoms with Crippen LogP contribution in [-0.2, 0) is 4.79 Å². The molecule has 0 radical (unpaired) electrons. The molecule has 0 saturated heterocycles. The Kier molecular flexibility index (Phi) is 4.53. The molecular weight excluding hydrogens is 112 g/mol. The highest BCUT2D eigenvalue weighted by atomic mass is 16.1. The van der Waals surface area contributed by atoms with Crippen molar-refractivity contribution in [1.29, 1.82) is 0 Å². The van der Waals surface area contributed by atoms with Gasteiger partial charge < -0.3 is 0 Å². The van der Waals surface area contributed by atoms with Gasteiger partial charge in [-0.15, -0.1) is 12.5 Å². The van der Waals surface area contributed by atoms with Crippen molar-refractivity contribution in [1.82, 2.24) is 0 Å². The van der Waals surface area contributed by atoms with Gasteiger partial charge in [0, 0.05) is 6.42 Å². The van der Waals surface area contributed by atoms with E-state index in [-0.39, 0.29) is 5.78 Å². The normalized spacial score (nSPS) is 7.22. The van der Waals surface area contributed by atoms with Crippen LogP contribution in [0.4, 0.5) is 0 Å². The minimum Gasteiger partial charge on any atom is -0.298 e. The second kappa shape index (κ2) is 5.11. The largest absolute Gasteiger partial charge is 0.298 e. The fourth-order valence-corrected chi connectivity index (χ4v) is 0.420. The van der Waals surface area contributed by atoms with Crippen LogP contribution in [0.1, 0.15) is 19.8 Å². The first kappa shape index (κ1) is 7.97. The van der Waals surface area contributed by atoms with E-state index in [0.29, 0.717) is 12.8 Å². The lowest BCUT2D eigenvalue weighted by molar-refractivity contribution is -0.117. The predicted octanol–water partition coefficient (Wildman–Crippen LogP) is 1.54. The maximum Gasteiger partial charge on any atom is 0.148 e. The van der Waals surface area contributed by atoms with Crippen LogP contribution in [0.25, 0.3) is 0 Å². The maximum atomic E-state index is 10.6. The average Bonchev–Trinajstić information content (AvgIpc) is 1.85. The molecule has 0 aliphatic heterocycles. The molecule has 0 atom stereocenters. The fourth-order valence-electron chi connectivity index (χ4n) is 0.420. The Labute approximate surface area is 55.8 Å². The molecule has 0 fully saturated rings.